The molecule has 2 aromatic rings. The summed E-state index contributed by atoms with van der Waals surface area (Å²) < 4.78 is 38.5. The molecule has 0 radical (unpaired) electrons. The van der Waals surface area contributed by atoms with Crippen LogP contribution in [0.15, 0.2) is 65.9 Å². The highest BCUT2D eigenvalue weighted by Crippen LogP contribution is 2.30. The zero-order valence-corrected chi connectivity index (χ0v) is 18.6. The van der Waals surface area contributed by atoms with Crippen molar-refractivity contribution in [3.8, 4) is 0 Å². The van der Waals surface area contributed by atoms with Crippen LogP contribution in [-0.2, 0) is 17.5 Å². The van der Waals surface area contributed by atoms with Gasteiger partial charge in [-0.1, -0.05) is 24.3 Å². The SMILES string of the molecule is C=C(C)/C(CC(=O)O)=C(/C)N(N)Cc1ccc(NC(=O)c2ccc(C(F)(F)F)cc2C)cc1. The van der Waals surface area contributed by atoms with Crippen molar-refractivity contribution in [2.75, 3.05) is 5.32 Å². The van der Waals surface area contributed by atoms with Crippen molar-refractivity contribution in [2.24, 2.45) is 5.84 Å². The van der Waals surface area contributed by atoms with Crippen LogP contribution >= 0.6 is 0 Å². The maximum Gasteiger partial charge on any atom is 0.416 e. The average Bonchev–Trinajstić information content (AvgIpc) is 2.71. The quantitative estimate of drug-likeness (QED) is 0.283. The van der Waals surface area contributed by atoms with Crippen LogP contribution in [-0.4, -0.2) is 22.0 Å². The monoisotopic (exact) mass is 461 g/mol. The Bertz CT molecular complexity index is 1090. The van der Waals surface area contributed by atoms with Gasteiger partial charge in [-0.05, 0) is 67.8 Å². The van der Waals surface area contributed by atoms with Gasteiger partial charge in [0.2, 0.25) is 0 Å². The number of nitrogens with zero attached hydrogens (tertiary/aromatic N) is 1. The molecular weight excluding hydrogens is 435 g/mol. The minimum absolute atomic E-state index is 0.145. The first-order chi connectivity index (χ1) is 15.3. The van der Waals surface area contributed by atoms with Crippen molar-refractivity contribution in [3.05, 3.63) is 88.1 Å². The van der Waals surface area contributed by atoms with Gasteiger partial charge < -0.3 is 15.4 Å². The molecule has 0 saturated heterocycles. The molecular formula is C24H26F3N3O3. The molecule has 0 aliphatic rings. The van der Waals surface area contributed by atoms with E-state index < -0.39 is 23.6 Å². The molecule has 0 saturated carbocycles. The van der Waals surface area contributed by atoms with E-state index in [1.165, 1.54) is 11.9 Å². The van der Waals surface area contributed by atoms with Gasteiger partial charge in [-0.25, -0.2) is 5.84 Å². The molecule has 0 aliphatic heterocycles. The van der Waals surface area contributed by atoms with Gasteiger partial charge in [0, 0.05) is 16.9 Å². The second-order valence-electron chi connectivity index (χ2n) is 7.72. The van der Waals surface area contributed by atoms with Gasteiger partial charge in [0.1, 0.15) is 0 Å². The number of aliphatic carboxylic acids is 1. The minimum Gasteiger partial charge on any atom is -0.481 e. The summed E-state index contributed by atoms with van der Waals surface area (Å²) in [6, 6.07) is 9.74. The zero-order valence-electron chi connectivity index (χ0n) is 18.6. The molecule has 0 aliphatic carbocycles. The fraction of sp³-hybridized carbons (Fsp3) is 0.250. The molecule has 9 heteroatoms. The number of anilines is 1. The van der Waals surface area contributed by atoms with E-state index in [1.807, 2.05) is 0 Å². The number of alkyl halides is 3. The highest BCUT2D eigenvalue weighted by Gasteiger charge is 2.31. The molecule has 0 unspecified atom stereocenters. The number of amides is 1. The zero-order chi connectivity index (χ0) is 24.9. The molecule has 0 fully saturated rings. The predicted octanol–water partition coefficient (Wildman–Crippen LogP) is 5.27. The van der Waals surface area contributed by atoms with E-state index in [4.69, 9.17) is 10.9 Å². The van der Waals surface area contributed by atoms with Gasteiger partial charge in [0.05, 0.1) is 18.5 Å². The Hall–Kier alpha value is -3.59. The van der Waals surface area contributed by atoms with Crippen LogP contribution in [0.2, 0.25) is 0 Å². The highest BCUT2D eigenvalue weighted by molar-refractivity contribution is 6.05. The Kier molecular flexibility index (Phi) is 8.05. The third-order valence-electron chi connectivity index (χ3n) is 5.07. The molecule has 0 bridgehead atoms. The normalized spacial score (nSPS) is 12.1. The Morgan fingerprint density at radius 3 is 2.21 bits per heavy atom. The minimum atomic E-state index is -4.47. The smallest absolute Gasteiger partial charge is 0.416 e. The maximum atomic E-state index is 12.8. The number of nitrogens with one attached hydrogen (secondary N) is 1. The number of carbonyl (C=O) groups excluding carboxylic acids is 1. The van der Waals surface area contributed by atoms with Crippen molar-refractivity contribution >= 4 is 17.6 Å². The molecule has 0 heterocycles. The van der Waals surface area contributed by atoms with E-state index >= 15 is 0 Å². The summed E-state index contributed by atoms with van der Waals surface area (Å²) >= 11 is 0. The number of halogens is 3. The van der Waals surface area contributed by atoms with E-state index in [2.05, 4.69) is 11.9 Å². The van der Waals surface area contributed by atoms with Gasteiger partial charge in [-0.15, -0.1) is 0 Å². The first-order valence-electron chi connectivity index (χ1n) is 9.97. The first kappa shape index (κ1) is 25.7. The standard InChI is InChI=1S/C24H26F3N3O3/c1-14(2)21(12-22(31)32)16(4)30(28)13-17-5-8-19(9-6-17)29-23(33)20-10-7-18(11-15(20)3)24(25,26)27/h5-11H,1,12-13,28H2,2-4H3,(H,29,33)(H,31,32)/b21-16-. The number of benzene rings is 2. The Morgan fingerprint density at radius 2 is 1.73 bits per heavy atom. The third-order valence-corrected chi connectivity index (χ3v) is 5.07. The fourth-order valence-electron chi connectivity index (χ4n) is 3.21. The van der Waals surface area contributed by atoms with E-state index in [9.17, 15) is 22.8 Å². The molecule has 1 amide bonds. The highest BCUT2D eigenvalue weighted by atomic mass is 19.4. The molecule has 6 nitrogen and oxygen atoms in total. The predicted molar refractivity (Wildman–Crippen MR) is 120 cm³/mol. The molecule has 0 aromatic heterocycles. The van der Waals surface area contributed by atoms with Crippen LogP contribution in [0.25, 0.3) is 0 Å². The maximum absolute atomic E-state index is 12.8. The van der Waals surface area contributed by atoms with E-state index in [1.54, 1.807) is 38.1 Å². The number of hydrogen-bond donors (Lipinski definition) is 3. The summed E-state index contributed by atoms with van der Waals surface area (Å²) in [5, 5.41) is 13.2. The third kappa shape index (κ3) is 6.95. The van der Waals surface area contributed by atoms with Gasteiger partial charge in [-0.2, -0.15) is 13.2 Å². The summed E-state index contributed by atoms with van der Waals surface area (Å²) in [5.41, 5.74) is 2.56. The average molecular weight is 461 g/mol. The van der Waals surface area contributed by atoms with Gasteiger partial charge >= 0.3 is 12.1 Å². The van der Waals surface area contributed by atoms with Crippen LogP contribution < -0.4 is 11.2 Å². The lowest BCUT2D eigenvalue weighted by Gasteiger charge is -2.23. The summed E-state index contributed by atoms with van der Waals surface area (Å²) in [7, 11) is 0. The molecule has 176 valence electrons. The van der Waals surface area contributed by atoms with Crippen molar-refractivity contribution in [2.45, 2.75) is 39.9 Å². The lowest BCUT2D eigenvalue weighted by atomic mass is 10.0. The summed E-state index contributed by atoms with van der Waals surface area (Å²) in [4.78, 5) is 23.6. The topological polar surface area (TPSA) is 95.7 Å². The molecule has 4 N–H and O–H groups in total. The Labute approximate surface area is 190 Å². The number of carboxylic acids is 1. The number of nitrogens with two attached hydrogens (primary N) is 1. The van der Waals surface area contributed by atoms with E-state index in [-0.39, 0.29) is 24.1 Å². The van der Waals surface area contributed by atoms with Crippen molar-refractivity contribution in [1.29, 1.82) is 0 Å². The number of hydrazine groups is 1. The van der Waals surface area contributed by atoms with Gasteiger partial charge in [-0.3, -0.25) is 9.59 Å². The van der Waals surface area contributed by atoms with Crippen molar-refractivity contribution < 1.29 is 27.9 Å². The fourth-order valence-corrected chi connectivity index (χ4v) is 3.21. The summed E-state index contributed by atoms with van der Waals surface area (Å²) in [6.45, 7) is 8.97. The van der Waals surface area contributed by atoms with Crippen molar-refractivity contribution in [3.63, 3.8) is 0 Å². The van der Waals surface area contributed by atoms with Gasteiger partial charge in [0.15, 0.2) is 0 Å². The molecule has 2 aromatic carbocycles. The van der Waals surface area contributed by atoms with E-state index in [0.29, 0.717) is 22.5 Å². The second-order valence-corrected chi connectivity index (χ2v) is 7.72. The Balaban J connectivity index is 2.10. The largest absolute Gasteiger partial charge is 0.481 e. The van der Waals surface area contributed by atoms with Crippen LogP contribution in [0.5, 0.6) is 0 Å². The molecule has 2 rings (SSSR count). The number of hydrogen-bond acceptors (Lipinski definition) is 4. The molecule has 33 heavy (non-hydrogen) atoms. The van der Waals surface area contributed by atoms with Crippen molar-refractivity contribution in [1.82, 2.24) is 5.01 Å². The van der Waals surface area contributed by atoms with Crippen LogP contribution in [0.3, 0.4) is 0 Å². The first-order valence-corrected chi connectivity index (χ1v) is 9.97. The van der Waals surface area contributed by atoms with E-state index in [0.717, 1.165) is 23.8 Å². The number of allylic oxidation sites excluding steroid dienone is 2. The second kappa shape index (κ2) is 10.4. The number of rotatable bonds is 8. The van der Waals surface area contributed by atoms with Gasteiger partial charge in [0.25, 0.3) is 5.91 Å². The Morgan fingerprint density at radius 1 is 1.12 bits per heavy atom. The summed E-state index contributed by atoms with van der Waals surface area (Å²) in [5.74, 6) is 4.61. The number of carbonyl (C=O) groups is 2. The van der Waals surface area contributed by atoms with Crippen LogP contribution in [0.1, 0.15) is 47.3 Å². The lowest BCUT2D eigenvalue weighted by Crippen LogP contribution is -2.30. The molecule has 0 spiro atoms. The molecule has 0 atom stereocenters. The lowest BCUT2D eigenvalue weighted by molar-refractivity contribution is -0.138. The summed E-state index contributed by atoms with van der Waals surface area (Å²) in [6.07, 6.45) is -4.66. The number of carboxylic acid groups (broad SMARTS) is 1. The van der Waals surface area contributed by atoms with Crippen LogP contribution in [0, 0.1) is 6.92 Å². The van der Waals surface area contributed by atoms with Crippen LogP contribution in [0.4, 0.5) is 18.9 Å². The number of aryl methyl sites for hydroxylation is 1.